The van der Waals surface area contributed by atoms with Crippen molar-refractivity contribution in [2.45, 2.75) is 19.8 Å². The highest BCUT2D eigenvalue weighted by Gasteiger charge is 2.21. The lowest BCUT2D eigenvalue weighted by atomic mass is 10.00. The van der Waals surface area contributed by atoms with Gasteiger partial charge in [-0.3, -0.25) is 4.79 Å². The van der Waals surface area contributed by atoms with Crippen LogP contribution in [0, 0.1) is 6.92 Å². The molecule has 16 heavy (non-hydrogen) atoms. The van der Waals surface area contributed by atoms with Crippen LogP contribution in [0.2, 0.25) is 0 Å². The Morgan fingerprint density at radius 1 is 1.50 bits per heavy atom. The molecule has 1 aromatic rings. The van der Waals surface area contributed by atoms with Gasteiger partial charge in [0, 0.05) is 12.2 Å². The van der Waals surface area contributed by atoms with Crippen LogP contribution in [-0.4, -0.2) is 24.5 Å². The standard InChI is InChI=1S/C13H17NOS/c1-10-5-6-12-11(8-10)4-3-7-14(12)13(15)9-16-2/h5-6,8H,3-4,7,9H2,1-2H3. The number of rotatable bonds is 2. The van der Waals surface area contributed by atoms with Crippen molar-refractivity contribution < 1.29 is 4.79 Å². The number of amides is 1. The van der Waals surface area contributed by atoms with Crippen molar-refractivity contribution in [1.82, 2.24) is 0 Å². The number of thioether (sulfide) groups is 1. The molecule has 0 spiro atoms. The van der Waals surface area contributed by atoms with Gasteiger partial charge in [-0.15, -0.1) is 0 Å². The van der Waals surface area contributed by atoms with Crippen molar-refractivity contribution >= 4 is 23.4 Å². The van der Waals surface area contributed by atoms with Crippen molar-refractivity contribution in [2.75, 3.05) is 23.5 Å². The zero-order valence-electron chi connectivity index (χ0n) is 9.82. The average molecular weight is 235 g/mol. The molecule has 0 radical (unpaired) electrons. The number of hydrogen-bond donors (Lipinski definition) is 0. The van der Waals surface area contributed by atoms with E-state index in [1.807, 2.05) is 11.2 Å². The van der Waals surface area contributed by atoms with Gasteiger partial charge in [0.05, 0.1) is 5.75 Å². The van der Waals surface area contributed by atoms with Gasteiger partial charge in [0.2, 0.25) is 5.91 Å². The van der Waals surface area contributed by atoms with Crippen LogP contribution in [0.25, 0.3) is 0 Å². The van der Waals surface area contributed by atoms with Crippen LogP contribution < -0.4 is 4.90 Å². The highest BCUT2D eigenvalue weighted by atomic mass is 32.2. The first-order chi connectivity index (χ1) is 7.72. The number of hydrogen-bond acceptors (Lipinski definition) is 2. The summed E-state index contributed by atoms with van der Waals surface area (Å²) < 4.78 is 0. The molecule has 0 atom stereocenters. The van der Waals surface area contributed by atoms with Crippen molar-refractivity contribution in [1.29, 1.82) is 0 Å². The molecule has 0 N–H and O–H groups in total. The molecule has 1 aliphatic heterocycles. The summed E-state index contributed by atoms with van der Waals surface area (Å²) in [6.45, 7) is 2.97. The van der Waals surface area contributed by atoms with E-state index >= 15 is 0 Å². The molecular formula is C13H17NOS. The van der Waals surface area contributed by atoms with E-state index in [-0.39, 0.29) is 5.91 Å². The minimum Gasteiger partial charge on any atom is -0.311 e. The number of carbonyl (C=O) groups is 1. The Balaban J connectivity index is 2.29. The minimum atomic E-state index is 0.234. The molecule has 0 saturated heterocycles. The van der Waals surface area contributed by atoms with Crippen LogP contribution in [0.1, 0.15) is 17.5 Å². The fourth-order valence-electron chi connectivity index (χ4n) is 2.19. The van der Waals surface area contributed by atoms with E-state index < -0.39 is 0 Å². The van der Waals surface area contributed by atoms with Crippen LogP contribution in [0.15, 0.2) is 18.2 Å². The fourth-order valence-corrected chi connectivity index (χ4v) is 2.59. The third kappa shape index (κ3) is 2.24. The van der Waals surface area contributed by atoms with Gasteiger partial charge in [-0.25, -0.2) is 0 Å². The van der Waals surface area contributed by atoms with Gasteiger partial charge in [0.25, 0.3) is 0 Å². The van der Waals surface area contributed by atoms with E-state index in [0.29, 0.717) is 5.75 Å². The smallest absolute Gasteiger partial charge is 0.236 e. The summed E-state index contributed by atoms with van der Waals surface area (Å²) in [4.78, 5) is 13.9. The van der Waals surface area contributed by atoms with Crippen LogP contribution in [0.3, 0.4) is 0 Å². The highest BCUT2D eigenvalue weighted by Crippen LogP contribution is 2.28. The number of aryl methyl sites for hydroxylation is 2. The Labute approximate surface area is 101 Å². The zero-order valence-corrected chi connectivity index (χ0v) is 10.6. The molecule has 1 aliphatic rings. The van der Waals surface area contributed by atoms with Crippen LogP contribution in [0.5, 0.6) is 0 Å². The molecular weight excluding hydrogens is 218 g/mol. The third-order valence-electron chi connectivity index (χ3n) is 2.92. The Morgan fingerprint density at radius 3 is 3.06 bits per heavy atom. The second-order valence-corrected chi connectivity index (χ2v) is 5.08. The summed E-state index contributed by atoms with van der Waals surface area (Å²) in [5, 5.41) is 0. The summed E-state index contributed by atoms with van der Waals surface area (Å²) in [7, 11) is 0. The Bertz CT molecular complexity index is 403. The summed E-state index contributed by atoms with van der Waals surface area (Å²) in [5.74, 6) is 0.810. The van der Waals surface area contributed by atoms with Crippen LogP contribution >= 0.6 is 11.8 Å². The van der Waals surface area contributed by atoms with Gasteiger partial charge in [-0.1, -0.05) is 17.7 Å². The van der Waals surface area contributed by atoms with Gasteiger partial charge >= 0.3 is 0 Å². The van der Waals surface area contributed by atoms with E-state index in [2.05, 4.69) is 25.1 Å². The fraction of sp³-hybridized carbons (Fsp3) is 0.462. The summed E-state index contributed by atoms with van der Waals surface area (Å²) in [6.07, 6.45) is 4.15. The van der Waals surface area contributed by atoms with E-state index in [0.717, 1.165) is 25.1 Å². The SMILES string of the molecule is CSCC(=O)N1CCCc2cc(C)ccc21. The summed E-state index contributed by atoms with van der Waals surface area (Å²) in [6, 6.07) is 6.37. The molecule has 0 aromatic heterocycles. The maximum atomic E-state index is 12.0. The second-order valence-electron chi connectivity index (χ2n) is 4.21. The largest absolute Gasteiger partial charge is 0.311 e. The van der Waals surface area contributed by atoms with Gasteiger partial charge in [0.15, 0.2) is 0 Å². The zero-order chi connectivity index (χ0) is 11.5. The second kappa shape index (κ2) is 4.91. The summed E-state index contributed by atoms with van der Waals surface area (Å²) in [5.41, 5.74) is 3.72. The number of benzene rings is 1. The third-order valence-corrected chi connectivity index (χ3v) is 3.46. The van der Waals surface area contributed by atoms with Crippen molar-refractivity contribution in [3.63, 3.8) is 0 Å². The molecule has 1 aromatic carbocycles. The van der Waals surface area contributed by atoms with Gasteiger partial charge in [0.1, 0.15) is 0 Å². The predicted octanol–water partition coefficient (Wildman–Crippen LogP) is 2.64. The number of nitrogens with zero attached hydrogens (tertiary/aromatic N) is 1. The molecule has 2 nitrogen and oxygen atoms in total. The average Bonchev–Trinajstić information content (AvgIpc) is 2.28. The Hall–Kier alpha value is -0.960. The highest BCUT2D eigenvalue weighted by molar-refractivity contribution is 7.99. The molecule has 1 heterocycles. The topological polar surface area (TPSA) is 20.3 Å². The lowest BCUT2D eigenvalue weighted by Gasteiger charge is -2.29. The predicted molar refractivity (Wildman–Crippen MR) is 70.2 cm³/mol. The Morgan fingerprint density at radius 2 is 2.31 bits per heavy atom. The molecule has 0 unspecified atom stereocenters. The number of carbonyl (C=O) groups excluding carboxylic acids is 1. The maximum Gasteiger partial charge on any atom is 0.236 e. The van der Waals surface area contributed by atoms with Crippen LogP contribution in [-0.2, 0) is 11.2 Å². The minimum absolute atomic E-state index is 0.234. The first-order valence-corrected chi connectivity index (χ1v) is 7.00. The molecule has 0 saturated carbocycles. The van der Waals surface area contributed by atoms with E-state index in [1.165, 1.54) is 11.1 Å². The van der Waals surface area contributed by atoms with E-state index in [1.54, 1.807) is 11.8 Å². The molecule has 1 amide bonds. The molecule has 3 heteroatoms. The normalized spacial score (nSPS) is 14.8. The molecule has 0 aliphatic carbocycles. The van der Waals surface area contributed by atoms with Crippen molar-refractivity contribution in [2.24, 2.45) is 0 Å². The molecule has 0 bridgehead atoms. The van der Waals surface area contributed by atoms with Crippen molar-refractivity contribution in [3.05, 3.63) is 29.3 Å². The Kier molecular flexibility index (Phi) is 3.54. The first-order valence-electron chi connectivity index (χ1n) is 5.61. The van der Waals surface area contributed by atoms with E-state index in [9.17, 15) is 4.79 Å². The molecule has 86 valence electrons. The van der Waals surface area contributed by atoms with Crippen molar-refractivity contribution in [3.8, 4) is 0 Å². The number of fused-ring (bicyclic) bond motifs is 1. The first kappa shape index (κ1) is 11.5. The number of anilines is 1. The molecule has 0 fully saturated rings. The quantitative estimate of drug-likeness (QED) is 0.785. The maximum absolute atomic E-state index is 12.0. The summed E-state index contributed by atoms with van der Waals surface area (Å²) >= 11 is 1.59. The van der Waals surface area contributed by atoms with Crippen LogP contribution in [0.4, 0.5) is 5.69 Å². The van der Waals surface area contributed by atoms with Gasteiger partial charge in [-0.2, -0.15) is 11.8 Å². The lowest BCUT2D eigenvalue weighted by Crippen LogP contribution is -2.36. The van der Waals surface area contributed by atoms with Gasteiger partial charge < -0.3 is 4.90 Å². The monoisotopic (exact) mass is 235 g/mol. The molecule has 2 rings (SSSR count). The van der Waals surface area contributed by atoms with E-state index in [4.69, 9.17) is 0 Å². The van der Waals surface area contributed by atoms with Gasteiger partial charge in [-0.05, 0) is 37.7 Å². The lowest BCUT2D eigenvalue weighted by molar-refractivity contribution is -0.116.